The maximum absolute atomic E-state index is 14.2. The van der Waals surface area contributed by atoms with Gasteiger partial charge >= 0.3 is 0 Å². The van der Waals surface area contributed by atoms with Gasteiger partial charge in [0.15, 0.2) is 0 Å². The molecule has 0 aliphatic rings. The fraction of sp³-hybridized carbons (Fsp3) is 0.0857. The summed E-state index contributed by atoms with van der Waals surface area (Å²) >= 11 is 0. The van der Waals surface area contributed by atoms with E-state index in [1.54, 1.807) is 22.6 Å². The van der Waals surface area contributed by atoms with E-state index in [9.17, 15) is 15.3 Å². The van der Waals surface area contributed by atoms with Gasteiger partial charge < -0.3 is 0 Å². The van der Waals surface area contributed by atoms with Crippen LogP contribution in [0.25, 0.3) is 50.5 Å². The van der Waals surface area contributed by atoms with Gasteiger partial charge in [-0.2, -0.15) is 10.5 Å². The summed E-state index contributed by atoms with van der Waals surface area (Å²) in [5, 5.41) is 22.9. The first-order chi connectivity index (χ1) is 19.4. The number of allylic oxidation sites excluding steroid dienone is 1. The van der Waals surface area contributed by atoms with Gasteiger partial charge in [0.05, 0.1) is 29.1 Å². The highest BCUT2D eigenvalue weighted by molar-refractivity contribution is 6.20. The Balaban J connectivity index is 1.72. The Kier molecular flexibility index (Phi) is 5.79. The van der Waals surface area contributed by atoms with E-state index in [1.807, 2.05) is 92.7 Å². The van der Waals surface area contributed by atoms with Crippen LogP contribution in [0.3, 0.4) is 0 Å². The molecule has 6 aromatic rings. The third-order valence-electron chi connectivity index (χ3n) is 7.75. The van der Waals surface area contributed by atoms with Crippen molar-refractivity contribution >= 4 is 39.3 Å². The van der Waals surface area contributed by atoms with Crippen LogP contribution in [0.4, 0.5) is 0 Å². The summed E-state index contributed by atoms with van der Waals surface area (Å²) in [5.74, 6) is 0. The first-order valence-electron chi connectivity index (χ1n) is 12.9. The molecule has 0 N–H and O–H groups in total. The van der Waals surface area contributed by atoms with Crippen molar-refractivity contribution in [3.63, 3.8) is 0 Å². The van der Waals surface area contributed by atoms with E-state index >= 15 is 0 Å². The van der Waals surface area contributed by atoms with Crippen molar-refractivity contribution < 1.29 is 0 Å². The Labute approximate surface area is 231 Å². The van der Waals surface area contributed by atoms with E-state index in [-0.39, 0.29) is 5.56 Å². The van der Waals surface area contributed by atoms with Crippen LogP contribution < -0.4 is 5.56 Å². The number of imidazole rings is 1. The van der Waals surface area contributed by atoms with Crippen LogP contribution in [0.1, 0.15) is 36.4 Å². The van der Waals surface area contributed by atoms with Gasteiger partial charge in [-0.05, 0) is 47.0 Å². The lowest BCUT2D eigenvalue weighted by atomic mass is 9.77. The molecule has 5 nitrogen and oxygen atoms in total. The number of benzene rings is 4. The quantitative estimate of drug-likeness (QED) is 0.222. The molecule has 4 aromatic carbocycles. The van der Waals surface area contributed by atoms with Gasteiger partial charge in [-0.3, -0.25) is 9.20 Å². The van der Waals surface area contributed by atoms with E-state index in [2.05, 4.69) is 18.7 Å². The van der Waals surface area contributed by atoms with Crippen molar-refractivity contribution in [2.45, 2.75) is 19.3 Å². The first-order valence-corrected chi connectivity index (χ1v) is 12.9. The van der Waals surface area contributed by atoms with Gasteiger partial charge in [-0.25, -0.2) is 4.98 Å². The monoisotopic (exact) mass is 516 g/mol. The largest absolute Gasteiger partial charge is 0.268 e. The number of hydrogen-bond donors (Lipinski definition) is 0. The Hall–Kier alpha value is -5.52. The highest BCUT2D eigenvalue weighted by Gasteiger charge is 2.28. The molecular weight excluding hydrogens is 492 g/mol. The second kappa shape index (κ2) is 9.34. The average molecular weight is 517 g/mol. The molecule has 0 saturated heterocycles. The SMILES string of the molecule is C=Cc1nc2c3ccc(C#N)c4c(-c5ccccc5)ccc(c(=O)n2c1/C=C(/C#N)C(C)(C)c1ccccc1)c43. The maximum Gasteiger partial charge on any atom is 0.264 e. The third kappa shape index (κ3) is 3.61. The fourth-order valence-electron chi connectivity index (χ4n) is 5.56. The molecule has 6 rings (SSSR count). The van der Waals surface area contributed by atoms with Gasteiger partial charge in [0.2, 0.25) is 0 Å². The molecule has 0 fully saturated rings. The number of aromatic nitrogens is 2. The highest BCUT2D eigenvalue weighted by atomic mass is 16.1. The Bertz CT molecular complexity index is 2120. The zero-order valence-corrected chi connectivity index (χ0v) is 22.1. The smallest absolute Gasteiger partial charge is 0.264 e. The van der Waals surface area contributed by atoms with Crippen LogP contribution in [-0.4, -0.2) is 9.38 Å². The Morgan fingerprint density at radius 3 is 2.23 bits per heavy atom. The molecule has 190 valence electrons. The van der Waals surface area contributed by atoms with Gasteiger partial charge in [-0.1, -0.05) is 87.2 Å². The second-order valence-electron chi connectivity index (χ2n) is 10.3. The zero-order chi connectivity index (χ0) is 28.0. The molecule has 0 radical (unpaired) electrons. The van der Waals surface area contributed by atoms with E-state index < -0.39 is 5.41 Å². The molecule has 0 spiro atoms. The normalized spacial score (nSPS) is 12.1. The van der Waals surface area contributed by atoms with Gasteiger partial charge in [0, 0.05) is 32.5 Å². The highest BCUT2D eigenvalue weighted by Crippen LogP contribution is 2.38. The molecule has 2 aromatic heterocycles. The van der Waals surface area contributed by atoms with Gasteiger partial charge in [-0.15, -0.1) is 0 Å². The molecule has 0 aliphatic carbocycles. The fourth-order valence-corrected chi connectivity index (χ4v) is 5.56. The van der Waals surface area contributed by atoms with E-state index in [1.165, 1.54) is 0 Å². The lowest BCUT2D eigenvalue weighted by Crippen LogP contribution is -2.20. The number of fused-ring (bicyclic) bond motifs is 2. The minimum absolute atomic E-state index is 0.260. The van der Waals surface area contributed by atoms with Crippen molar-refractivity contribution in [2.75, 3.05) is 0 Å². The van der Waals surface area contributed by atoms with Crippen molar-refractivity contribution in [1.29, 1.82) is 10.5 Å². The molecule has 0 unspecified atom stereocenters. The second-order valence-corrected chi connectivity index (χ2v) is 10.3. The number of hydrogen-bond acceptors (Lipinski definition) is 4. The molecule has 0 aliphatic heterocycles. The number of pyridine rings is 1. The summed E-state index contributed by atoms with van der Waals surface area (Å²) in [4.78, 5) is 19.0. The lowest BCUT2D eigenvalue weighted by molar-refractivity contribution is 0.646. The molecule has 2 heterocycles. The molecule has 40 heavy (non-hydrogen) atoms. The van der Waals surface area contributed by atoms with Crippen molar-refractivity contribution in [3.8, 4) is 23.3 Å². The van der Waals surface area contributed by atoms with Gasteiger partial charge in [0.25, 0.3) is 5.56 Å². The summed E-state index contributed by atoms with van der Waals surface area (Å²) in [6, 6.07) is 31.7. The van der Waals surface area contributed by atoms with Crippen LogP contribution in [0.15, 0.2) is 102 Å². The Morgan fingerprint density at radius 2 is 1.57 bits per heavy atom. The van der Waals surface area contributed by atoms with Gasteiger partial charge in [0.1, 0.15) is 5.65 Å². The predicted octanol–water partition coefficient (Wildman–Crippen LogP) is 7.51. The summed E-state index contributed by atoms with van der Waals surface area (Å²) in [7, 11) is 0. The number of nitrogens with zero attached hydrogens (tertiary/aromatic N) is 4. The predicted molar refractivity (Wildman–Crippen MR) is 161 cm³/mol. The van der Waals surface area contributed by atoms with Crippen LogP contribution in [0.2, 0.25) is 0 Å². The summed E-state index contributed by atoms with van der Waals surface area (Å²) in [6.07, 6.45) is 3.36. The summed E-state index contributed by atoms with van der Waals surface area (Å²) < 4.78 is 1.57. The summed E-state index contributed by atoms with van der Waals surface area (Å²) in [6.45, 7) is 7.93. The van der Waals surface area contributed by atoms with Crippen LogP contribution >= 0.6 is 0 Å². The van der Waals surface area contributed by atoms with Crippen molar-refractivity contribution in [1.82, 2.24) is 9.38 Å². The molecule has 0 atom stereocenters. The van der Waals surface area contributed by atoms with E-state index in [4.69, 9.17) is 4.98 Å². The molecule has 0 bridgehead atoms. The van der Waals surface area contributed by atoms with Crippen molar-refractivity contribution in [3.05, 3.63) is 130 Å². The van der Waals surface area contributed by atoms with Crippen LogP contribution in [-0.2, 0) is 5.41 Å². The molecule has 0 amide bonds. The molecule has 0 saturated carbocycles. The Morgan fingerprint density at radius 1 is 0.900 bits per heavy atom. The lowest BCUT2D eigenvalue weighted by Gasteiger charge is -2.24. The summed E-state index contributed by atoms with van der Waals surface area (Å²) in [5.41, 5.74) is 4.42. The standard InChI is InChI=1S/C35H24N4O/c1-4-29-30(19-25(21-37)35(2,3)24-13-9-6-10-14-24)39-33(38-29)27-16-15-23(20-36)31-26(22-11-7-5-8-12-22)17-18-28(32(27)31)34(39)40/h4-19H,1H2,2-3H3/b25-19-. The van der Waals surface area contributed by atoms with E-state index in [0.29, 0.717) is 38.9 Å². The first kappa shape index (κ1) is 24.8. The zero-order valence-electron chi connectivity index (χ0n) is 22.1. The number of rotatable bonds is 5. The minimum Gasteiger partial charge on any atom is -0.268 e. The minimum atomic E-state index is -0.610. The number of nitriles is 2. The topological polar surface area (TPSA) is 81.9 Å². The van der Waals surface area contributed by atoms with Crippen LogP contribution in [0.5, 0.6) is 0 Å². The average Bonchev–Trinajstić information content (AvgIpc) is 3.37. The van der Waals surface area contributed by atoms with Crippen molar-refractivity contribution in [2.24, 2.45) is 0 Å². The van der Waals surface area contributed by atoms with Crippen LogP contribution in [0, 0.1) is 22.7 Å². The third-order valence-corrected chi connectivity index (χ3v) is 7.75. The van der Waals surface area contributed by atoms with E-state index in [0.717, 1.165) is 27.5 Å². The molecule has 5 heteroatoms. The molecular formula is C35H24N4O. The maximum atomic E-state index is 14.2.